The number of Topliss-reactive ketones (excluding diaryl/α,β-unsaturated/α-hetero) is 1. The monoisotopic (exact) mass is 251 g/mol. The fraction of sp³-hybridized carbons (Fsp3) is 0.417. The molecule has 2 unspecified atom stereocenters. The lowest BCUT2D eigenvalue weighted by Gasteiger charge is -2.33. The van der Waals surface area contributed by atoms with Crippen LogP contribution in [0.2, 0.25) is 0 Å². The minimum Gasteiger partial charge on any atom is -0.487 e. The van der Waals surface area contributed by atoms with E-state index >= 15 is 0 Å². The molecule has 0 aromatic heterocycles. The van der Waals surface area contributed by atoms with Gasteiger partial charge >= 0.3 is 0 Å². The van der Waals surface area contributed by atoms with Gasteiger partial charge in [-0.05, 0) is 19.1 Å². The van der Waals surface area contributed by atoms with Gasteiger partial charge in [-0.3, -0.25) is 14.9 Å². The maximum absolute atomic E-state index is 11.2. The highest BCUT2D eigenvalue weighted by atomic mass is 16.6. The number of nitro benzene ring substituents is 1. The van der Waals surface area contributed by atoms with Gasteiger partial charge in [-0.15, -0.1) is 0 Å². The van der Waals surface area contributed by atoms with E-state index in [-0.39, 0.29) is 17.6 Å². The van der Waals surface area contributed by atoms with Crippen molar-refractivity contribution in [1.82, 2.24) is 0 Å². The highest BCUT2D eigenvalue weighted by molar-refractivity contribution is 5.90. The molecular weight excluding hydrogens is 238 g/mol. The third-order valence-corrected chi connectivity index (χ3v) is 2.96. The Hall–Kier alpha value is -1.95. The van der Waals surface area contributed by atoms with Crippen LogP contribution < -0.4 is 4.74 Å². The molecule has 0 amide bonds. The minimum absolute atomic E-state index is 0.0149. The Morgan fingerprint density at radius 1 is 1.44 bits per heavy atom. The van der Waals surface area contributed by atoms with E-state index in [2.05, 4.69) is 0 Å². The third-order valence-electron chi connectivity index (χ3n) is 2.96. The van der Waals surface area contributed by atoms with E-state index < -0.39 is 11.0 Å². The fourth-order valence-corrected chi connectivity index (χ4v) is 1.94. The molecule has 0 heterocycles. The van der Waals surface area contributed by atoms with Crippen molar-refractivity contribution in [2.75, 3.05) is 7.11 Å². The number of methoxy groups -OCH3 is 1. The van der Waals surface area contributed by atoms with Crippen molar-refractivity contribution in [2.45, 2.75) is 25.6 Å². The maximum atomic E-state index is 11.2. The van der Waals surface area contributed by atoms with Crippen LogP contribution in [0.15, 0.2) is 18.2 Å². The fourth-order valence-electron chi connectivity index (χ4n) is 1.94. The van der Waals surface area contributed by atoms with Crippen molar-refractivity contribution in [2.24, 2.45) is 0 Å². The van der Waals surface area contributed by atoms with E-state index in [9.17, 15) is 14.9 Å². The van der Waals surface area contributed by atoms with Gasteiger partial charge in [0.1, 0.15) is 11.9 Å². The topological polar surface area (TPSA) is 78.7 Å². The first kappa shape index (κ1) is 12.5. The Morgan fingerprint density at radius 3 is 2.67 bits per heavy atom. The van der Waals surface area contributed by atoms with Gasteiger partial charge in [0, 0.05) is 25.2 Å². The summed E-state index contributed by atoms with van der Waals surface area (Å²) in [5.41, 5.74) is 0.576. The number of aryl methyl sites for hydroxylation is 1. The number of carbonyl (C=O) groups is 1. The Labute approximate surface area is 104 Å². The van der Waals surface area contributed by atoms with Crippen LogP contribution in [0.5, 0.6) is 5.75 Å². The zero-order valence-corrected chi connectivity index (χ0v) is 10.1. The first-order valence-electron chi connectivity index (χ1n) is 5.50. The molecule has 0 radical (unpaired) electrons. The number of rotatable bonds is 4. The normalized spacial score (nSPS) is 22.4. The Kier molecular flexibility index (Phi) is 3.29. The smallest absolute Gasteiger partial charge is 0.272 e. The van der Waals surface area contributed by atoms with Gasteiger partial charge in [-0.1, -0.05) is 0 Å². The molecule has 18 heavy (non-hydrogen) atoms. The second-order valence-corrected chi connectivity index (χ2v) is 4.19. The quantitative estimate of drug-likeness (QED) is 0.600. The van der Waals surface area contributed by atoms with E-state index in [0.717, 1.165) is 0 Å². The summed E-state index contributed by atoms with van der Waals surface area (Å²) in [6, 6.07) is 4.52. The summed E-state index contributed by atoms with van der Waals surface area (Å²) in [6.07, 6.45) is -0.516. The van der Waals surface area contributed by atoms with Gasteiger partial charge in [-0.2, -0.15) is 0 Å². The molecule has 1 aromatic carbocycles. The first-order valence-corrected chi connectivity index (χ1v) is 5.50. The van der Waals surface area contributed by atoms with Crippen molar-refractivity contribution in [3.05, 3.63) is 33.9 Å². The van der Waals surface area contributed by atoms with E-state index in [4.69, 9.17) is 9.47 Å². The number of carbonyl (C=O) groups excluding carboxylic acids is 1. The molecule has 6 nitrogen and oxygen atoms in total. The lowest BCUT2D eigenvalue weighted by Crippen LogP contribution is -2.51. The second kappa shape index (κ2) is 4.73. The summed E-state index contributed by atoms with van der Waals surface area (Å²) in [4.78, 5) is 21.4. The van der Waals surface area contributed by atoms with Crippen LogP contribution in [0, 0.1) is 17.0 Å². The molecule has 1 aromatic rings. The number of benzene rings is 1. The number of hydrogen-bond donors (Lipinski definition) is 0. The molecule has 1 fully saturated rings. The number of hydrogen-bond acceptors (Lipinski definition) is 5. The Balaban J connectivity index is 2.09. The minimum atomic E-state index is -0.527. The predicted octanol–water partition coefficient (Wildman–Crippen LogP) is 1.64. The zero-order chi connectivity index (χ0) is 13.3. The van der Waals surface area contributed by atoms with Crippen LogP contribution in [0.25, 0.3) is 0 Å². The Morgan fingerprint density at radius 2 is 2.17 bits per heavy atom. The molecule has 0 bridgehead atoms. The first-order chi connectivity index (χ1) is 8.52. The largest absolute Gasteiger partial charge is 0.487 e. The van der Waals surface area contributed by atoms with Crippen molar-refractivity contribution in [3.63, 3.8) is 0 Å². The molecule has 1 aliphatic carbocycles. The highest BCUT2D eigenvalue weighted by Crippen LogP contribution is 2.28. The molecule has 0 saturated heterocycles. The van der Waals surface area contributed by atoms with Crippen molar-refractivity contribution in [3.8, 4) is 5.75 Å². The van der Waals surface area contributed by atoms with E-state index in [1.54, 1.807) is 13.0 Å². The molecule has 1 aliphatic rings. The van der Waals surface area contributed by atoms with Crippen LogP contribution in [-0.4, -0.2) is 30.0 Å². The number of nitrogens with zero attached hydrogens (tertiary/aromatic N) is 1. The van der Waals surface area contributed by atoms with Crippen LogP contribution in [0.3, 0.4) is 0 Å². The average Bonchev–Trinajstić information content (AvgIpc) is 2.28. The van der Waals surface area contributed by atoms with Gasteiger partial charge in [0.15, 0.2) is 11.9 Å². The number of ketones is 1. The molecule has 96 valence electrons. The summed E-state index contributed by atoms with van der Waals surface area (Å²) in [6.45, 7) is 1.64. The van der Waals surface area contributed by atoms with E-state index in [0.29, 0.717) is 17.7 Å². The molecule has 0 spiro atoms. The maximum Gasteiger partial charge on any atom is 0.272 e. The Bertz CT molecular complexity index is 499. The summed E-state index contributed by atoms with van der Waals surface area (Å²) < 4.78 is 10.6. The molecule has 0 N–H and O–H groups in total. The molecular formula is C12H13NO5. The molecule has 2 rings (SSSR count). The molecule has 0 aliphatic heterocycles. The zero-order valence-electron chi connectivity index (χ0n) is 10.1. The van der Waals surface area contributed by atoms with E-state index in [1.807, 2.05) is 0 Å². The number of ether oxygens (including phenoxy) is 2. The van der Waals surface area contributed by atoms with Crippen LogP contribution >= 0.6 is 0 Å². The van der Waals surface area contributed by atoms with Crippen molar-refractivity contribution < 1.29 is 19.2 Å². The average molecular weight is 251 g/mol. The summed E-state index contributed by atoms with van der Waals surface area (Å²) in [5, 5.41) is 10.7. The summed E-state index contributed by atoms with van der Waals surface area (Å²) in [7, 11) is 1.46. The van der Waals surface area contributed by atoms with Crippen LogP contribution in [-0.2, 0) is 9.53 Å². The molecule has 1 saturated carbocycles. The summed E-state index contributed by atoms with van der Waals surface area (Å²) in [5.74, 6) is 0.527. The number of nitro groups is 1. The second-order valence-electron chi connectivity index (χ2n) is 4.19. The van der Waals surface area contributed by atoms with Crippen LogP contribution in [0.4, 0.5) is 5.69 Å². The molecule has 2 atom stereocenters. The van der Waals surface area contributed by atoms with Gasteiger partial charge in [0.2, 0.25) is 0 Å². The van der Waals surface area contributed by atoms with Crippen LogP contribution in [0.1, 0.15) is 12.0 Å². The summed E-state index contributed by atoms with van der Waals surface area (Å²) >= 11 is 0. The van der Waals surface area contributed by atoms with Gasteiger partial charge in [-0.25, -0.2) is 0 Å². The lowest BCUT2D eigenvalue weighted by molar-refractivity contribution is -0.385. The highest BCUT2D eigenvalue weighted by Gasteiger charge is 2.42. The standard InChI is InChI=1S/C12H13NO5/c1-7-5-8(3-4-9(7)13(15)16)18-11-6-10(14)12(11)17-2/h3-5,11-12H,6H2,1-2H3. The third kappa shape index (κ3) is 2.19. The SMILES string of the molecule is COC1C(=O)CC1Oc1ccc([N+](=O)[O-])c(C)c1. The van der Waals surface area contributed by atoms with Gasteiger partial charge in [0.25, 0.3) is 5.69 Å². The lowest BCUT2D eigenvalue weighted by atomic mass is 9.90. The predicted molar refractivity (Wildman–Crippen MR) is 62.7 cm³/mol. The van der Waals surface area contributed by atoms with Gasteiger partial charge < -0.3 is 9.47 Å². The molecule has 6 heteroatoms. The van der Waals surface area contributed by atoms with Crippen molar-refractivity contribution in [1.29, 1.82) is 0 Å². The van der Waals surface area contributed by atoms with Crippen molar-refractivity contribution >= 4 is 11.5 Å². The van der Waals surface area contributed by atoms with Gasteiger partial charge in [0.05, 0.1) is 4.92 Å². The van der Waals surface area contributed by atoms with E-state index in [1.165, 1.54) is 19.2 Å².